The molecule has 1 aromatic rings. The van der Waals surface area contributed by atoms with E-state index in [1.807, 2.05) is 24.3 Å². The average Bonchev–Trinajstić information content (AvgIpc) is 3.43. The van der Waals surface area contributed by atoms with Crippen LogP contribution in [0.3, 0.4) is 0 Å². The van der Waals surface area contributed by atoms with Gasteiger partial charge in [0.2, 0.25) is 11.8 Å². The Morgan fingerprint density at radius 2 is 1.66 bits per heavy atom. The van der Waals surface area contributed by atoms with Gasteiger partial charge in [0.05, 0.1) is 10.8 Å². The molecular formula is C26H36BrN3O2. The Kier molecular flexibility index (Phi) is 6.08. The number of allylic oxidation sites excluding steroid dienone is 2. The van der Waals surface area contributed by atoms with Crippen LogP contribution >= 0.6 is 15.9 Å². The third-order valence-corrected chi connectivity index (χ3v) is 9.58. The second-order valence-electron chi connectivity index (χ2n) is 10.1. The van der Waals surface area contributed by atoms with E-state index in [2.05, 4.69) is 53.8 Å². The molecule has 0 saturated heterocycles. The van der Waals surface area contributed by atoms with Crippen LogP contribution in [0.4, 0.5) is 0 Å². The second-order valence-corrected chi connectivity index (χ2v) is 11.0. The fourth-order valence-corrected chi connectivity index (χ4v) is 7.82. The largest absolute Gasteiger partial charge is 0.369 e. The van der Waals surface area contributed by atoms with E-state index < -0.39 is 16.7 Å². The van der Waals surface area contributed by atoms with Crippen molar-refractivity contribution in [2.24, 2.45) is 40.1 Å². The van der Waals surface area contributed by atoms with E-state index in [0.717, 1.165) is 55.4 Å². The van der Waals surface area contributed by atoms with Crippen molar-refractivity contribution in [2.45, 2.75) is 51.9 Å². The summed E-state index contributed by atoms with van der Waals surface area (Å²) >= 11 is 3.51. The lowest BCUT2D eigenvalue weighted by Crippen LogP contribution is -2.64. The van der Waals surface area contributed by atoms with Crippen molar-refractivity contribution >= 4 is 27.7 Å². The Hall–Kier alpha value is -1.66. The summed E-state index contributed by atoms with van der Waals surface area (Å²) in [4.78, 5) is 29.6. The summed E-state index contributed by atoms with van der Waals surface area (Å²) in [6, 6.07) is 7.79. The van der Waals surface area contributed by atoms with Gasteiger partial charge in [-0.1, -0.05) is 61.0 Å². The molecule has 3 aliphatic carbocycles. The Bertz CT molecular complexity index is 922. The lowest BCUT2D eigenvalue weighted by atomic mass is 9.49. The van der Waals surface area contributed by atoms with E-state index in [4.69, 9.17) is 11.5 Å². The van der Waals surface area contributed by atoms with Crippen molar-refractivity contribution in [3.8, 4) is 0 Å². The number of rotatable bonds is 10. The molecule has 2 amide bonds. The molecule has 4 N–H and O–H groups in total. The number of hydrogen-bond acceptors (Lipinski definition) is 3. The summed E-state index contributed by atoms with van der Waals surface area (Å²) in [7, 11) is 0. The van der Waals surface area contributed by atoms with Gasteiger partial charge >= 0.3 is 0 Å². The molecule has 1 aromatic carbocycles. The summed E-state index contributed by atoms with van der Waals surface area (Å²) in [5, 5.41) is 0. The van der Waals surface area contributed by atoms with Gasteiger partial charge in [-0.3, -0.25) is 9.59 Å². The Balaban J connectivity index is 1.85. The van der Waals surface area contributed by atoms with E-state index >= 15 is 0 Å². The first kappa shape index (κ1) is 23.5. The van der Waals surface area contributed by atoms with E-state index in [1.165, 1.54) is 0 Å². The molecule has 32 heavy (non-hydrogen) atoms. The smallest absolute Gasteiger partial charge is 0.229 e. The number of nitrogens with two attached hydrogens (primary N) is 2. The highest BCUT2D eigenvalue weighted by atomic mass is 79.9. The zero-order valence-electron chi connectivity index (χ0n) is 19.4. The number of halogens is 1. The van der Waals surface area contributed by atoms with Crippen LogP contribution in [0.5, 0.6) is 0 Å². The third-order valence-electron chi connectivity index (χ3n) is 9.05. The van der Waals surface area contributed by atoms with Gasteiger partial charge in [-0.15, -0.1) is 0 Å². The number of benzene rings is 1. The second kappa shape index (κ2) is 8.28. The van der Waals surface area contributed by atoms with Gasteiger partial charge < -0.3 is 16.4 Å². The molecule has 3 aliphatic rings. The molecule has 0 heterocycles. The number of nitrogens with zero attached hydrogens (tertiary/aromatic N) is 1. The lowest BCUT2D eigenvalue weighted by molar-refractivity contribution is -0.148. The van der Waals surface area contributed by atoms with E-state index in [-0.39, 0.29) is 29.1 Å². The third kappa shape index (κ3) is 2.91. The molecule has 4 rings (SSSR count). The zero-order valence-corrected chi connectivity index (χ0v) is 21.0. The van der Waals surface area contributed by atoms with Gasteiger partial charge in [-0.05, 0) is 80.3 Å². The molecule has 2 bridgehead atoms. The van der Waals surface area contributed by atoms with Crippen molar-refractivity contribution in [1.82, 2.24) is 4.90 Å². The molecular weight excluding hydrogens is 466 g/mol. The van der Waals surface area contributed by atoms with Crippen LogP contribution in [-0.4, -0.2) is 36.3 Å². The van der Waals surface area contributed by atoms with Crippen LogP contribution < -0.4 is 11.5 Å². The van der Waals surface area contributed by atoms with Crippen LogP contribution in [0.15, 0.2) is 40.9 Å². The van der Waals surface area contributed by atoms with Crippen molar-refractivity contribution in [1.29, 1.82) is 0 Å². The molecule has 2 fully saturated rings. The Morgan fingerprint density at radius 1 is 1.06 bits per heavy atom. The van der Waals surface area contributed by atoms with Crippen LogP contribution in [0.1, 0.15) is 52.0 Å². The highest BCUT2D eigenvalue weighted by Gasteiger charge is 2.83. The number of hydrogen-bond donors (Lipinski definition) is 2. The summed E-state index contributed by atoms with van der Waals surface area (Å²) < 4.78 is 0.928. The molecule has 2 saturated carbocycles. The van der Waals surface area contributed by atoms with E-state index in [9.17, 15) is 9.59 Å². The molecule has 5 nitrogen and oxygen atoms in total. The van der Waals surface area contributed by atoms with Crippen molar-refractivity contribution < 1.29 is 9.59 Å². The van der Waals surface area contributed by atoms with Crippen LogP contribution in [-0.2, 0) is 15.0 Å². The number of carbonyl (C=O) groups is 2. The SMILES string of the molecule is CCN(CC)CCCC(C)[C@@]1(C(N)=O)[C@@H]2C=C[C@@H](C23CC3)[C@@]1(C(N)=O)c1ccc(Br)cc1. The topological polar surface area (TPSA) is 89.4 Å². The minimum absolute atomic E-state index is 0.0444. The van der Waals surface area contributed by atoms with Gasteiger partial charge in [0.25, 0.3) is 0 Å². The molecule has 1 unspecified atom stereocenters. The number of primary amides is 2. The Labute approximate surface area is 200 Å². The molecule has 0 aromatic heterocycles. The first-order valence-corrected chi connectivity index (χ1v) is 12.8. The fourth-order valence-electron chi connectivity index (χ4n) is 7.55. The summed E-state index contributed by atoms with van der Waals surface area (Å²) in [6.07, 6.45) is 8.17. The standard InChI is InChI=1S/C26H36BrN3O2/c1-4-30(5-2)16-6-7-17(3)25(22(28)31)20-12-13-21(24(20)14-15-24)26(25,23(29)32)18-8-10-19(27)11-9-18/h8-13,17,20-21H,4-7,14-16H2,1-3H3,(H2,28,31)(H2,29,32)/t17?,20-,21+,25+,26-/m1/s1. The maximum absolute atomic E-state index is 13.6. The maximum atomic E-state index is 13.6. The maximum Gasteiger partial charge on any atom is 0.229 e. The Morgan fingerprint density at radius 3 is 2.16 bits per heavy atom. The predicted octanol–water partition coefficient (Wildman–Crippen LogP) is 4.00. The fraction of sp³-hybridized carbons (Fsp3) is 0.615. The molecule has 174 valence electrons. The van der Waals surface area contributed by atoms with Crippen LogP contribution in [0.2, 0.25) is 0 Å². The van der Waals surface area contributed by atoms with Gasteiger partial charge in [-0.2, -0.15) is 0 Å². The minimum Gasteiger partial charge on any atom is -0.369 e. The normalized spacial score (nSPS) is 32.5. The molecule has 1 spiro atoms. The molecule has 6 heteroatoms. The minimum atomic E-state index is -1.12. The quantitative estimate of drug-likeness (QED) is 0.474. The highest BCUT2D eigenvalue weighted by Crippen LogP contribution is 2.81. The zero-order chi connectivity index (χ0) is 23.3. The van der Waals surface area contributed by atoms with E-state index in [1.54, 1.807) is 0 Å². The summed E-state index contributed by atoms with van der Waals surface area (Å²) in [5.74, 6) is -0.993. The number of amides is 2. The van der Waals surface area contributed by atoms with Crippen molar-refractivity contribution in [2.75, 3.05) is 19.6 Å². The van der Waals surface area contributed by atoms with Gasteiger partial charge in [-0.25, -0.2) is 0 Å². The first-order chi connectivity index (χ1) is 15.2. The van der Waals surface area contributed by atoms with Crippen LogP contribution in [0.25, 0.3) is 0 Å². The first-order valence-electron chi connectivity index (χ1n) is 12.0. The monoisotopic (exact) mass is 501 g/mol. The molecule has 5 atom stereocenters. The average molecular weight is 502 g/mol. The van der Waals surface area contributed by atoms with Crippen molar-refractivity contribution in [3.63, 3.8) is 0 Å². The summed E-state index contributed by atoms with van der Waals surface area (Å²) in [6.45, 7) is 9.44. The van der Waals surface area contributed by atoms with Gasteiger partial charge in [0, 0.05) is 10.4 Å². The lowest BCUT2D eigenvalue weighted by Gasteiger charge is -2.51. The predicted molar refractivity (Wildman–Crippen MR) is 131 cm³/mol. The van der Waals surface area contributed by atoms with Crippen molar-refractivity contribution in [3.05, 3.63) is 46.5 Å². The van der Waals surface area contributed by atoms with Gasteiger partial charge in [0.15, 0.2) is 0 Å². The van der Waals surface area contributed by atoms with E-state index in [0.29, 0.717) is 0 Å². The highest BCUT2D eigenvalue weighted by molar-refractivity contribution is 9.10. The molecule has 0 aliphatic heterocycles. The van der Waals surface area contributed by atoms with Crippen LogP contribution in [0, 0.1) is 28.6 Å². The van der Waals surface area contributed by atoms with Gasteiger partial charge in [0.1, 0.15) is 0 Å². The molecule has 0 radical (unpaired) electrons. The summed E-state index contributed by atoms with van der Waals surface area (Å²) in [5.41, 5.74) is 11.3. The number of carbonyl (C=O) groups excluding carboxylic acids is 2.